The number of carboxylic acid groups (broad SMARTS) is 1. The molecule has 0 spiro atoms. The molecule has 0 bridgehead atoms. The minimum absolute atomic E-state index is 0.196. The Kier molecular flexibility index (Phi) is 4.48. The third kappa shape index (κ3) is 3.58. The van der Waals surface area contributed by atoms with Gasteiger partial charge >= 0.3 is 5.97 Å². The van der Waals surface area contributed by atoms with Crippen LogP contribution in [0.4, 0.5) is 5.82 Å². The Morgan fingerprint density at radius 3 is 2.56 bits per heavy atom. The number of nitrogens with zero attached hydrogens (tertiary/aromatic N) is 2. The molecule has 1 aromatic heterocycles. The zero-order valence-electron chi connectivity index (χ0n) is 11.4. The number of aromatic carboxylic acids is 1. The molecular weight excluding hydrogens is 228 g/mol. The first-order chi connectivity index (χ1) is 8.31. The fourth-order valence-electron chi connectivity index (χ4n) is 1.64. The molecule has 4 nitrogen and oxygen atoms in total. The van der Waals surface area contributed by atoms with Gasteiger partial charge in [0.05, 0.1) is 5.56 Å². The summed E-state index contributed by atoms with van der Waals surface area (Å²) in [6.07, 6.45) is 0. The van der Waals surface area contributed by atoms with Crippen LogP contribution in [0.25, 0.3) is 0 Å². The van der Waals surface area contributed by atoms with Crippen molar-refractivity contribution in [2.45, 2.75) is 26.7 Å². The summed E-state index contributed by atoms with van der Waals surface area (Å²) in [6.45, 7) is 10.4. The molecule has 0 unspecified atom stereocenters. The fraction of sp³-hybridized carbons (Fsp3) is 0.429. The molecule has 0 saturated carbocycles. The van der Waals surface area contributed by atoms with Crippen molar-refractivity contribution in [3.05, 3.63) is 35.5 Å². The quantitative estimate of drug-likeness (QED) is 0.814. The van der Waals surface area contributed by atoms with E-state index in [1.807, 2.05) is 32.7 Å². The molecule has 0 atom stereocenters. The van der Waals surface area contributed by atoms with E-state index in [2.05, 4.69) is 11.6 Å². The summed E-state index contributed by atoms with van der Waals surface area (Å²) in [5.74, 6) is -0.0628. The summed E-state index contributed by atoms with van der Waals surface area (Å²) in [5.41, 5.74) is 2.07. The topological polar surface area (TPSA) is 53.4 Å². The number of likely N-dealkylation sites (N-methyl/N-ethyl adjacent to an activating group) is 1. The molecule has 0 aromatic carbocycles. The lowest BCUT2D eigenvalue weighted by Crippen LogP contribution is -2.21. The van der Waals surface area contributed by atoms with Gasteiger partial charge in [-0.25, -0.2) is 9.78 Å². The number of hydrogen-bond donors (Lipinski definition) is 1. The lowest BCUT2D eigenvalue weighted by atomic mass is 10.1. The van der Waals surface area contributed by atoms with E-state index in [4.69, 9.17) is 5.11 Å². The van der Waals surface area contributed by atoms with Crippen molar-refractivity contribution in [3.8, 4) is 0 Å². The standard InChI is InChI=1S/C14H20N2O2/c1-9(2)8-16(5)13-7-11(14(17)18)6-12(15-13)10(3)4/h6-7,10H,1,8H2,2-5H3,(H,17,18). The predicted octanol–water partition coefficient (Wildman–Crippen LogP) is 2.92. The van der Waals surface area contributed by atoms with Crippen LogP contribution in [0.1, 0.15) is 42.7 Å². The Morgan fingerprint density at radius 1 is 1.50 bits per heavy atom. The molecule has 0 radical (unpaired) electrons. The molecule has 1 heterocycles. The van der Waals surface area contributed by atoms with Crippen LogP contribution in [0.15, 0.2) is 24.3 Å². The zero-order valence-corrected chi connectivity index (χ0v) is 11.4. The third-order valence-electron chi connectivity index (χ3n) is 2.57. The highest BCUT2D eigenvalue weighted by atomic mass is 16.4. The third-order valence-corrected chi connectivity index (χ3v) is 2.57. The molecule has 0 amide bonds. The van der Waals surface area contributed by atoms with Crippen LogP contribution in [0.3, 0.4) is 0 Å². The Balaban J connectivity index is 3.18. The Morgan fingerprint density at radius 2 is 2.11 bits per heavy atom. The molecular formula is C14H20N2O2. The molecule has 0 aliphatic carbocycles. The smallest absolute Gasteiger partial charge is 0.335 e. The van der Waals surface area contributed by atoms with Gasteiger partial charge in [0, 0.05) is 19.3 Å². The first kappa shape index (κ1) is 14.2. The van der Waals surface area contributed by atoms with Gasteiger partial charge in [-0.2, -0.15) is 0 Å². The Labute approximate surface area is 108 Å². The maximum Gasteiger partial charge on any atom is 0.335 e. The number of carboxylic acids is 1. The van der Waals surface area contributed by atoms with E-state index in [1.165, 1.54) is 0 Å². The molecule has 18 heavy (non-hydrogen) atoms. The van der Waals surface area contributed by atoms with E-state index in [-0.39, 0.29) is 11.5 Å². The van der Waals surface area contributed by atoms with Gasteiger partial charge in [0.15, 0.2) is 0 Å². The number of hydrogen-bond acceptors (Lipinski definition) is 3. The zero-order chi connectivity index (χ0) is 13.9. The van der Waals surface area contributed by atoms with Gasteiger partial charge in [0.25, 0.3) is 0 Å². The van der Waals surface area contributed by atoms with Crippen LogP contribution < -0.4 is 4.90 Å². The van der Waals surface area contributed by atoms with Crippen LogP contribution in [0, 0.1) is 0 Å². The molecule has 1 aromatic rings. The minimum Gasteiger partial charge on any atom is -0.478 e. The van der Waals surface area contributed by atoms with Gasteiger partial charge in [-0.3, -0.25) is 0 Å². The molecule has 98 valence electrons. The van der Waals surface area contributed by atoms with Crippen LogP contribution >= 0.6 is 0 Å². The number of anilines is 1. The molecule has 4 heteroatoms. The first-order valence-electron chi connectivity index (χ1n) is 5.92. The summed E-state index contributed by atoms with van der Waals surface area (Å²) in [5, 5.41) is 9.12. The lowest BCUT2D eigenvalue weighted by molar-refractivity contribution is 0.0696. The van der Waals surface area contributed by atoms with Crippen molar-refractivity contribution < 1.29 is 9.90 Å². The minimum atomic E-state index is -0.927. The molecule has 1 N–H and O–H groups in total. The van der Waals surface area contributed by atoms with Gasteiger partial charge in [-0.15, -0.1) is 0 Å². The van der Waals surface area contributed by atoms with Crippen molar-refractivity contribution in [1.82, 2.24) is 4.98 Å². The number of rotatable bonds is 5. The normalized spacial score (nSPS) is 10.5. The van der Waals surface area contributed by atoms with E-state index in [1.54, 1.807) is 12.1 Å². The molecule has 1 rings (SSSR count). The molecule has 0 fully saturated rings. The van der Waals surface area contributed by atoms with Gasteiger partial charge in [0.2, 0.25) is 0 Å². The largest absolute Gasteiger partial charge is 0.478 e. The summed E-state index contributed by atoms with van der Waals surface area (Å²) in [6, 6.07) is 3.22. The SMILES string of the molecule is C=C(C)CN(C)c1cc(C(=O)O)cc(C(C)C)n1. The maximum atomic E-state index is 11.1. The van der Waals surface area contributed by atoms with Crippen molar-refractivity contribution in [2.24, 2.45) is 0 Å². The lowest BCUT2D eigenvalue weighted by Gasteiger charge is -2.20. The van der Waals surface area contributed by atoms with Crippen molar-refractivity contribution >= 4 is 11.8 Å². The summed E-state index contributed by atoms with van der Waals surface area (Å²) < 4.78 is 0. The van der Waals surface area contributed by atoms with Crippen LogP contribution in [0.5, 0.6) is 0 Å². The van der Waals surface area contributed by atoms with Crippen LogP contribution in [-0.2, 0) is 0 Å². The van der Waals surface area contributed by atoms with Crippen LogP contribution in [0.2, 0.25) is 0 Å². The predicted molar refractivity (Wildman–Crippen MR) is 73.4 cm³/mol. The molecule has 0 aliphatic heterocycles. The average Bonchev–Trinajstić information content (AvgIpc) is 2.27. The number of pyridine rings is 1. The van der Waals surface area contributed by atoms with Crippen LogP contribution in [-0.4, -0.2) is 29.7 Å². The summed E-state index contributed by atoms with van der Waals surface area (Å²) >= 11 is 0. The van der Waals surface area contributed by atoms with Crippen molar-refractivity contribution in [2.75, 3.05) is 18.5 Å². The second-order valence-electron chi connectivity index (χ2n) is 4.91. The van der Waals surface area contributed by atoms with E-state index >= 15 is 0 Å². The highest BCUT2D eigenvalue weighted by molar-refractivity contribution is 5.88. The fourth-order valence-corrected chi connectivity index (χ4v) is 1.64. The molecule has 0 aliphatic rings. The van der Waals surface area contributed by atoms with Gasteiger partial charge in [-0.1, -0.05) is 26.0 Å². The van der Waals surface area contributed by atoms with Gasteiger partial charge in [-0.05, 0) is 25.0 Å². The number of carbonyl (C=O) groups is 1. The maximum absolute atomic E-state index is 11.1. The second kappa shape index (κ2) is 5.67. The highest BCUT2D eigenvalue weighted by Crippen LogP contribution is 2.20. The van der Waals surface area contributed by atoms with E-state index in [9.17, 15) is 4.79 Å². The summed E-state index contributed by atoms with van der Waals surface area (Å²) in [4.78, 5) is 17.5. The number of aromatic nitrogens is 1. The second-order valence-corrected chi connectivity index (χ2v) is 4.91. The Hall–Kier alpha value is -1.84. The Bertz CT molecular complexity index is 467. The summed E-state index contributed by atoms with van der Waals surface area (Å²) in [7, 11) is 1.88. The van der Waals surface area contributed by atoms with Gasteiger partial charge in [0.1, 0.15) is 5.82 Å². The van der Waals surface area contributed by atoms with E-state index in [0.29, 0.717) is 12.4 Å². The average molecular weight is 248 g/mol. The van der Waals surface area contributed by atoms with Crippen molar-refractivity contribution in [3.63, 3.8) is 0 Å². The first-order valence-corrected chi connectivity index (χ1v) is 5.92. The molecule has 0 saturated heterocycles. The van der Waals surface area contributed by atoms with Gasteiger partial charge < -0.3 is 10.0 Å². The van der Waals surface area contributed by atoms with Crippen molar-refractivity contribution in [1.29, 1.82) is 0 Å². The highest BCUT2D eigenvalue weighted by Gasteiger charge is 2.13. The van der Waals surface area contributed by atoms with E-state index in [0.717, 1.165) is 11.3 Å². The monoisotopic (exact) mass is 248 g/mol. The van der Waals surface area contributed by atoms with E-state index < -0.39 is 5.97 Å².